The molecule has 1 rings (SSSR count). The predicted octanol–water partition coefficient (Wildman–Crippen LogP) is 1.42. The van der Waals surface area contributed by atoms with E-state index in [9.17, 15) is 4.79 Å². The smallest absolute Gasteiger partial charge is 0.239 e. The Bertz CT molecular complexity index is 228. The van der Waals surface area contributed by atoms with Gasteiger partial charge in [-0.3, -0.25) is 4.79 Å². The molecular weight excluding hydrogens is 176 g/mol. The highest BCUT2D eigenvalue weighted by Crippen LogP contribution is 2.37. The van der Waals surface area contributed by atoms with Crippen molar-refractivity contribution in [2.75, 3.05) is 0 Å². The Hall–Kier alpha value is -0.570. The Morgan fingerprint density at radius 1 is 1.50 bits per heavy atom. The van der Waals surface area contributed by atoms with Gasteiger partial charge in [0.1, 0.15) is 0 Å². The molecule has 0 aromatic heterocycles. The molecule has 0 heterocycles. The van der Waals surface area contributed by atoms with Crippen LogP contribution in [0.5, 0.6) is 0 Å². The maximum absolute atomic E-state index is 11.7. The van der Waals surface area contributed by atoms with Crippen molar-refractivity contribution < 1.29 is 4.79 Å². The SMILES string of the molecule is CC(C)(N)C(=O)NC1CCCC1(C)C. The van der Waals surface area contributed by atoms with Gasteiger partial charge >= 0.3 is 0 Å². The molecule has 0 aromatic carbocycles. The summed E-state index contributed by atoms with van der Waals surface area (Å²) in [5, 5.41) is 3.05. The number of hydrogen-bond acceptors (Lipinski definition) is 2. The molecule has 0 aromatic rings. The van der Waals surface area contributed by atoms with Crippen LogP contribution in [0.4, 0.5) is 0 Å². The average Bonchev–Trinajstić information content (AvgIpc) is 2.29. The lowest BCUT2D eigenvalue weighted by molar-refractivity contribution is -0.126. The third kappa shape index (κ3) is 2.47. The summed E-state index contributed by atoms with van der Waals surface area (Å²) in [4.78, 5) is 11.7. The van der Waals surface area contributed by atoms with Crippen molar-refractivity contribution in [2.45, 2.75) is 58.5 Å². The average molecular weight is 198 g/mol. The number of rotatable bonds is 2. The molecular formula is C11H22N2O. The molecule has 0 radical (unpaired) electrons. The van der Waals surface area contributed by atoms with Gasteiger partial charge in [-0.15, -0.1) is 0 Å². The van der Waals surface area contributed by atoms with E-state index in [0.717, 1.165) is 6.42 Å². The lowest BCUT2D eigenvalue weighted by Gasteiger charge is -2.30. The predicted molar refractivity (Wildman–Crippen MR) is 57.8 cm³/mol. The highest BCUT2D eigenvalue weighted by atomic mass is 16.2. The van der Waals surface area contributed by atoms with Crippen LogP contribution in [0.3, 0.4) is 0 Å². The van der Waals surface area contributed by atoms with E-state index in [1.165, 1.54) is 12.8 Å². The first kappa shape index (κ1) is 11.5. The molecule has 82 valence electrons. The topological polar surface area (TPSA) is 55.1 Å². The molecule has 0 bridgehead atoms. The van der Waals surface area contributed by atoms with E-state index in [0.29, 0.717) is 0 Å². The first-order valence-electron chi connectivity index (χ1n) is 5.33. The fourth-order valence-electron chi connectivity index (χ4n) is 1.94. The zero-order chi connectivity index (χ0) is 11.0. The minimum atomic E-state index is -0.765. The fourth-order valence-corrected chi connectivity index (χ4v) is 1.94. The summed E-state index contributed by atoms with van der Waals surface area (Å²) in [6, 6.07) is 0.290. The summed E-state index contributed by atoms with van der Waals surface area (Å²) in [6.07, 6.45) is 3.46. The molecule has 1 aliphatic rings. The van der Waals surface area contributed by atoms with Crippen LogP contribution in [-0.4, -0.2) is 17.5 Å². The zero-order valence-corrected chi connectivity index (χ0v) is 9.68. The maximum Gasteiger partial charge on any atom is 0.239 e. The van der Waals surface area contributed by atoms with Crippen molar-refractivity contribution in [3.8, 4) is 0 Å². The number of carbonyl (C=O) groups excluding carboxylic acids is 1. The molecule has 1 fully saturated rings. The van der Waals surface area contributed by atoms with Gasteiger partial charge in [-0.05, 0) is 32.1 Å². The van der Waals surface area contributed by atoms with Gasteiger partial charge in [0, 0.05) is 6.04 Å². The van der Waals surface area contributed by atoms with Crippen molar-refractivity contribution in [3.63, 3.8) is 0 Å². The normalized spacial score (nSPS) is 26.2. The minimum absolute atomic E-state index is 0.0440. The van der Waals surface area contributed by atoms with E-state index in [1.807, 2.05) is 0 Å². The summed E-state index contributed by atoms with van der Waals surface area (Å²) >= 11 is 0. The molecule has 14 heavy (non-hydrogen) atoms. The molecule has 0 saturated heterocycles. The van der Waals surface area contributed by atoms with Gasteiger partial charge in [0.2, 0.25) is 5.91 Å². The van der Waals surface area contributed by atoms with Crippen LogP contribution in [0.25, 0.3) is 0 Å². The highest BCUT2D eigenvalue weighted by molar-refractivity contribution is 5.85. The Kier molecular flexibility index (Phi) is 2.91. The number of amides is 1. The molecule has 0 spiro atoms. The van der Waals surface area contributed by atoms with Crippen LogP contribution < -0.4 is 11.1 Å². The van der Waals surface area contributed by atoms with E-state index in [1.54, 1.807) is 13.8 Å². The first-order chi connectivity index (χ1) is 6.23. The Morgan fingerprint density at radius 2 is 2.07 bits per heavy atom. The van der Waals surface area contributed by atoms with Gasteiger partial charge in [0.15, 0.2) is 0 Å². The van der Waals surface area contributed by atoms with E-state index in [2.05, 4.69) is 19.2 Å². The summed E-state index contributed by atoms with van der Waals surface area (Å²) in [5.74, 6) is -0.0440. The Morgan fingerprint density at radius 3 is 2.43 bits per heavy atom. The van der Waals surface area contributed by atoms with Crippen molar-refractivity contribution >= 4 is 5.91 Å². The minimum Gasteiger partial charge on any atom is -0.351 e. The molecule has 1 atom stereocenters. The highest BCUT2D eigenvalue weighted by Gasteiger charge is 2.37. The second-order valence-corrected chi connectivity index (χ2v) is 5.63. The van der Waals surface area contributed by atoms with Crippen LogP contribution in [0.2, 0.25) is 0 Å². The van der Waals surface area contributed by atoms with Crippen molar-refractivity contribution in [1.82, 2.24) is 5.32 Å². The maximum atomic E-state index is 11.7. The van der Waals surface area contributed by atoms with Gasteiger partial charge in [-0.2, -0.15) is 0 Å². The van der Waals surface area contributed by atoms with E-state index >= 15 is 0 Å². The summed E-state index contributed by atoms with van der Waals surface area (Å²) < 4.78 is 0. The largest absolute Gasteiger partial charge is 0.351 e. The second-order valence-electron chi connectivity index (χ2n) is 5.63. The van der Waals surface area contributed by atoms with Gasteiger partial charge in [-0.1, -0.05) is 20.3 Å². The van der Waals surface area contributed by atoms with E-state index in [-0.39, 0.29) is 17.4 Å². The first-order valence-corrected chi connectivity index (χ1v) is 5.33. The van der Waals surface area contributed by atoms with Gasteiger partial charge < -0.3 is 11.1 Å². The molecule has 1 saturated carbocycles. The van der Waals surface area contributed by atoms with E-state index in [4.69, 9.17) is 5.73 Å². The monoisotopic (exact) mass is 198 g/mol. The molecule has 1 aliphatic carbocycles. The molecule has 1 unspecified atom stereocenters. The van der Waals surface area contributed by atoms with Crippen molar-refractivity contribution in [2.24, 2.45) is 11.1 Å². The fraction of sp³-hybridized carbons (Fsp3) is 0.909. The van der Waals surface area contributed by atoms with Crippen LogP contribution in [0.15, 0.2) is 0 Å². The zero-order valence-electron chi connectivity index (χ0n) is 9.68. The Balaban J connectivity index is 2.57. The van der Waals surface area contributed by atoms with Crippen LogP contribution >= 0.6 is 0 Å². The van der Waals surface area contributed by atoms with Gasteiger partial charge in [0.25, 0.3) is 0 Å². The third-order valence-corrected chi connectivity index (χ3v) is 3.15. The van der Waals surface area contributed by atoms with Crippen LogP contribution in [0, 0.1) is 5.41 Å². The third-order valence-electron chi connectivity index (χ3n) is 3.15. The number of carbonyl (C=O) groups is 1. The van der Waals surface area contributed by atoms with E-state index < -0.39 is 5.54 Å². The second kappa shape index (κ2) is 3.54. The quantitative estimate of drug-likeness (QED) is 0.705. The standard InChI is InChI=1S/C11H22N2O/c1-10(2)7-5-6-8(10)13-9(14)11(3,4)12/h8H,5-7,12H2,1-4H3,(H,13,14). The summed E-state index contributed by atoms with van der Waals surface area (Å²) in [6.45, 7) is 7.89. The van der Waals surface area contributed by atoms with Crippen LogP contribution in [-0.2, 0) is 4.79 Å². The number of nitrogens with two attached hydrogens (primary N) is 1. The molecule has 3 nitrogen and oxygen atoms in total. The van der Waals surface area contributed by atoms with Gasteiger partial charge in [-0.25, -0.2) is 0 Å². The number of hydrogen-bond donors (Lipinski definition) is 2. The molecule has 3 heteroatoms. The van der Waals surface area contributed by atoms with Crippen molar-refractivity contribution in [3.05, 3.63) is 0 Å². The van der Waals surface area contributed by atoms with Crippen molar-refractivity contribution in [1.29, 1.82) is 0 Å². The number of nitrogens with one attached hydrogen (secondary N) is 1. The molecule has 1 amide bonds. The van der Waals surface area contributed by atoms with Gasteiger partial charge in [0.05, 0.1) is 5.54 Å². The summed E-state index contributed by atoms with van der Waals surface area (Å²) in [5.41, 5.74) is 5.19. The summed E-state index contributed by atoms with van der Waals surface area (Å²) in [7, 11) is 0. The molecule has 3 N–H and O–H groups in total. The lowest BCUT2D eigenvalue weighted by Crippen LogP contribution is -2.54. The van der Waals surface area contributed by atoms with Crippen LogP contribution in [0.1, 0.15) is 47.0 Å². The molecule has 0 aliphatic heterocycles. The Labute approximate surface area is 86.4 Å². The lowest BCUT2D eigenvalue weighted by atomic mass is 9.87.